The van der Waals surface area contributed by atoms with Crippen LogP contribution >= 0.6 is 0 Å². The van der Waals surface area contributed by atoms with E-state index in [1.54, 1.807) is 0 Å². The van der Waals surface area contributed by atoms with Crippen molar-refractivity contribution < 1.29 is 4.74 Å². The number of fused-ring (bicyclic) bond motifs is 2. The fourth-order valence-electron chi connectivity index (χ4n) is 3.35. The monoisotopic (exact) mass is 209 g/mol. The van der Waals surface area contributed by atoms with Crippen molar-refractivity contribution in [3.63, 3.8) is 0 Å². The van der Waals surface area contributed by atoms with Crippen LogP contribution in [-0.2, 0) is 4.74 Å². The average Bonchev–Trinajstić information content (AvgIpc) is 2.89. The standard InChI is InChI=1S/C13H23NO/c1-10(2)13(5-6-13)9-14-7-11-3-4-12(8-14)15-11/h10-12H,3-9H2,1-2H3. The number of hydrogen-bond acceptors (Lipinski definition) is 2. The molecule has 86 valence electrons. The topological polar surface area (TPSA) is 12.5 Å². The third-order valence-corrected chi connectivity index (χ3v) is 4.77. The number of likely N-dealkylation sites (tertiary alicyclic amines) is 1. The van der Waals surface area contributed by atoms with Gasteiger partial charge in [-0.1, -0.05) is 13.8 Å². The van der Waals surface area contributed by atoms with E-state index in [1.807, 2.05) is 0 Å². The zero-order chi connectivity index (χ0) is 10.5. The lowest BCUT2D eigenvalue weighted by Gasteiger charge is -2.35. The smallest absolute Gasteiger partial charge is 0.0707 e. The fourth-order valence-corrected chi connectivity index (χ4v) is 3.35. The summed E-state index contributed by atoms with van der Waals surface area (Å²) in [4.78, 5) is 2.68. The quantitative estimate of drug-likeness (QED) is 0.707. The molecule has 2 atom stereocenters. The van der Waals surface area contributed by atoms with Crippen LogP contribution in [0.25, 0.3) is 0 Å². The Kier molecular flexibility index (Phi) is 2.33. The normalized spacial score (nSPS) is 38.6. The maximum absolute atomic E-state index is 5.88. The minimum absolute atomic E-state index is 0.562. The molecule has 1 saturated carbocycles. The Bertz CT molecular complexity index is 235. The summed E-state index contributed by atoms with van der Waals surface area (Å²) < 4.78 is 5.88. The highest BCUT2D eigenvalue weighted by molar-refractivity contribution is 4.99. The van der Waals surface area contributed by atoms with Gasteiger partial charge in [0.1, 0.15) is 0 Å². The van der Waals surface area contributed by atoms with E-state index in [0.29, 0.717) is 17.6 Å². The molecule has 2 bridgehead atoms. The van der Waals surface area contributed by atoms with Crippen LogP contribution in [0.4, 0.5) is 0 Å². The van der Waals surface area contributed by atoms with Crippen molar-refractivity contribution in [2.45, 2.75) is 51.7 Å². The number of nitrogens with zero attached hydrogens (tertiary/aromatic N) is 1. The zero-order valence-electron chi connectivity index (χ0n) is 10.0. The summed E-state index contributed by atoms with van der Waals surface area (Å²) in [6.45, 7) is 8.51. The summed E-state index contributed by atoms with van der Waals surface area (Å²) in [7, 11) is 0. The number of hydrogen-bond donors (Lipinski definition) is 0. The van der Waals surface area contributed by atoms with E-state index in [2.05, 4.69) is 18.7 Å². The Hall–Kier alpha value is -0.0800. The molecule has 2 aliphatic heterocycles. The second-order valence-corrected chi connectivity index (χ2v) is 6.17. The van der Waals surface area contributed by atoms with Gasteiger partial charge in [0.05, 0.1) is 12.2 Å². The summed E-state index contributed by atoms with van der Waals surface area (Å²) in [6, 6.07) is 0. The van der Waals surface area contributed by atoms with Gasteiger partial charge >= 0.3 is 0 Å². The van der Waals surface area contributed by atoms with Crippen LogP contribution in [0.15, 0.2) is 0 Å². The highest BCUT2D eigenvalue weighted by Crippen LogP contribution is 2.52. The van der Waals surface area contributed by atoms with E-state index in [4.69, 9.17) is 4.74 Å². The Morgan fingerprint density at radius 2 is 1.80 bits per heavy atom. The highest BCUT2D eigenvalue weighted by Gasteiger charge is 2.47. The summed E-state index contributed by atoms with van der Waals surface area (Å²) >= 11 is 0. The highest BCUT2D eigenvalue weighted by atomic mass is 16.5. The molecule has 0 aromatic rings. The lowest BCUT2D eigenvalue weighted by molar-refractivity contribution is -0.0461. The van der Waals surface area contributed by atoms with E-state index in [-0.39, 0.29) is 0 Å². The van der Waals surface area contributed by atoms with Crippen LogP contribution in [-0.4, -0.2) is 36.7 Å². The van der Waals surface area contributed by atoms with Crippen LogP contribution in [0.2, 0.25) is 0 Å². The molecule has 2 nitrogen and oxygen atoms in total. The number of morpholine rings is 1. The molecule has 2 heterocycles. The van der Waals surface area contributed by atoms with Gasteiger partial charge < -0.3 is 4.74 Å². The molecule has 0 aromatic carbocycles. The molecular formula is C13H23NO. The predicted molar refractivity (Wildman–Crippen MR) is 60.8 cm³/mol. The molecule has 0 aromatic heterocycles. The minimum Gasteiger partial charge on any atom is -0.372 e. The number of ether oxygens (including phenoxy) is 1. The third kappa shape index (κ3) is 1.83. The largest absolute Gasteiger partial charge is 0.372 e. The van der Waals surface area contributed by atoms with Crippen molar-refractivity contribution in [1.82, 2.24) is 4.90 Å². The van der Waals surface area contributed by atoms with Crippen molar-refractivity contribution in [1.29, 1.82) is 0 Å². The minimum atomic E-state index is 0.562. The Labute approximate surface area is 93.0 Å². The first-order valence-electron chi connectivity index (χ1n) is 6.56. The van der Waals surface area contributed by atoms with Gasteiger partial charge in [0, 0.05) is 19.6 Å². The second kappa shape index (κ2) is 3.46. The van der Waals surface area contributed by atoms with Crippen LogP contribution in [0.1, 0.15) is 39.5 Å². The molecule has 1 aliphatic carbocycles. The summed E-state index contributed by atoms with van der Waals surface area (Å²) in [5.41, 5.74) is 0.677. The van der Waals surface area contributed by atoms with E-state index in [9.17, 15) is 0 Å². The van der Waals surface area contributed by atoms with Crippen molar-refractivity contribution in [2.24, 2.45) is 11.3 Å². The number of rotatable bonds is 3. The SMILES string of the molecule is CC(C)C1(CN2CC3CCC(C2)O3)CC1. The maximum Gasteiger partial charge on any atom is 0.0707 e. The molecule has 2 saturated heterocycles. The molecule has 3 fully saturated rings. The van der Waals surface area contributed by atoms with Crippen LogP contribution in [0.5, 0.6) is 0 Å². The molecular weight excluding hydrogens is 186 g/mol. The molecule has 0 N–H and O–H groups in total. The van der Waals surface area contributed by atoms with Gasteiger partial charge in [-0.05, 0) is 37.0 Å². The van der Waals surface area contributed by atoms with Gasteiger partial charge in [-0.3, -0.25) is 4.90 Å². The predicted octanol–water partition coefficient (Wildman–Crippen LogP) is 2.29. The third-order valence-electron chi connectivity index (χ3n) is 4.77. The first kappa shape index (κ1) is 10.1. The Balaban J connectivity index is 1.60. The summed E-state index contributed by atoms with van der Waals surface area (Å²) in [5.74, 6) is 0.859. The molecule has 3 aliphatic rings. The van der Waals surface area contributed by atoms with E-state index in [1.165, 1.54) is 45.3 Å². The van der Waals surface area contributed by atoms with Crippen molar-refractivity contribution in [2.75, 3.05) is 19.6 Å². The van der Waals surface area contributed by atoms with Gasteiger partial charge in [-0.25, -0.2) is 0 Å². The van der Waals surface area contributed by atoms with Gasteiger partial charge in [-0.2, -0.15) is 0 Å². The van der Waals surface area contributed by atoms with Crippen LogP contribution in [0.3, 0.4) is 0 Å². The Morgan fingerprint density at radius 3 is 2.27 bits per heavy atom. The second-order valence-electron chi connectivity index (χ2n) is 6.17. The molecule has 3 rings (SSSR count). The molecule has 2 heteroatoms. The van der Waals surface area contributed by atoms with Crippen LogP contribution < -0.4 is 0 Å². The first-order chi connectivity index (χ1) is 7.18. The average molecular weight is 209 g/mol. The molecule has 0 radical (unpaired) electrons. The van der Waals surface area contributed by atoms with Gasteiger partial charge in [0.15, 0.2) is 0 Å². The van der Waals surface area contributed by atoms with Gasteiger partial charge in [-0.15, -0.1) is 0 Å². The molecule has 0 spiro atoms. The lowest BCUT2D eigenvalue weighted by Crippen LogP contribution is -2.45. The molecule has 2 unspecified atom stereocenters. The fraction of sp³-hybridized carbons (Fsp3) is 1.00. The van der Waals surface area contributed by atoms with E-state index in [0.717, 1.165) is 5.92 Å². The van der Waals surface area contributed by atoms with E-state index >= 15 is 0 Å². The lowest BCUT2D eigenvalue weighted by atomic mass is 9.91. The summed E-state index contributed by atoms with van der Waals surface area (Å²) in [6.07, 6.45) is 6.64. The van der Waals surface area contributed by atoms with Crippen molar-refractivity contribution in [3.8, 4) is 0 Å². The van der Waals surface area contributed by atoms with Crippen molar-refractivity contribution >= 4 is 0 Å². The van der Waals surface area contributed by atoms with Crippen molar-refractivity contribution in [3.05, 3.63) is 0 Å². The van der Waals surface area contributed by atoms with Gasteiger partial charge in [0.2, 0.25) is 0 Å². The van der Waals surface area contributed by atoms with Gasteiger partial charge in [0.25, 0.3) is 0 Å². The Morgan fingerprint density at radius 1 is 1.20 bits per heavy atom. The van der Waals surface area contributed by atoms with Crippen LogP contribution in [0, 0.1) is 11.3 Å². The summed E-state index contributed by atoms with van der Waals surface area (Å²) in [5, 5.41) is 0. The first-order valence-corrected chi connectivity index (χ1v) is 6.56. The molecule has 0 amide bonds. The molecule has 15 heavy (non-hydrogen) atoms. The maximum atomic E-state index is 5.88. The van der Waals surface area contributed by atoms with E-state index < -0.39 is 0 Å². The zero-order valence-corrected chi connectivity index (χ0v) is 10.0.